The van der Waals surface area contributed by atoms with Crippen LogP contribution in [0.3, 0.4) is 0 Å². The Balaban J connectivity index is 1.99. The van der Waals surface area contributed by atoms with Crippen molar-refractivity contribution < 1.29 is 4.79 Å². The predicted octanol–water partition coefficient (Wildman–Crippen LogP) is 2.87. The van der Waals surface area contributed by atoms with Gasteiger partial charge in [0.1, 0.15) is 0 Å². The summed E-state index contributed by atoms with van der Waals surface area (Å²) in [4.78, 5) is 11.8. The van der Waals surface area contributed by atoms with Crippen molar-refractivity contribution in [3.63, 3.8) is 0 Å². The molecule has 20 heavy (non-hydrogen) atoms. The molecular formula is C16H21N3O. The first kappa shape index (κ1) is 14.2. The number of nitrogens with zero attached hydrogens (tertiary/aromatic N) is 1. The third-order valence-electron chi connectivity index (χ3n) is 3.14. The Morgan fingerprint density at radius 2 is 2.10 bits per heavy atom. The molecular weight excluding hydrogens is 250 g/mol. The average molecular weight is 271 g/mol. The fraction of sp³-hybridized carbons (Fsp3) is 0.312. The van der Waals surface area contributed by atoms with E-state index in [0.29, 0.717) is 12.1 Å². The maximum atomic E-state index is 11.8. The van der Waals surface area contributed by atoms with Crippen LogP contribution in [0.5, 0.6) is 0 Å². The zero-order chi connectivity index (χ0) is 14.4. The molecule has 2 rings (SSSR count). The number of aryl methyl sites for hydroxylation is 1. The van der Waals surface area contributed by atoms with Crippen LogP contribution in [0, 0.1) is 0 Å². The van der Waals surface area contributed by atoms with E-state index in [1.54, 1.807) is 0 Å². The molecule has 0 radical (unpaired) electrons. The quantitative estimate of drug-likeness (QED) is 0.848. The summed E-state index contributed by atoms with van der Waals surface area (Å²) >= 11 is 0. The van der Waals surface area contributed by atoms with Gasteiger partial charge in [0.25, 0.3) is 5.91 Å². The highest BCUT2D eigenvalue weighted by molar-refractivity contribution is 5.95. The Morgan fingerprint density at radius 3 is 2.80 bits per heavy atom. The van der Waals surface area contributed by atoms with Crippen LogP contribution in [-0.2, 0) is 13.1 Å². The summed E-state index contributed by atoms with van der Waals surface area (Å²) in [6.07, 6.45) is 4.20. The van der Waals surface area contributed by atoms with Crippen molar-refractivity contribution in [2.24, 2.45) is 0 Å². The van der Waals surface area contributed by atoms with Gasteiger partial charge in [0.2, 0.25) is 0 Å². The monoisotopic (exact) mass is 271 g/mol. The van der Waals surface area contributed by atoms with E-state index < -0.39 is 0 Å². The van der Waals surface area contributed by atoms with Crippen LogP contribution in [0.1, 0.15) is 29.8 Å². The van der Waals surface area contributed by atoms with Gasteiger partial charge in [-0.2, -0.15) is 0 Å². The van der Waals surface area contributed by atoms with E-state index >= 15 is 0 Å². The van der Waals surface area contributed by atoms with Gasteiger partial charge in [-0.05, 0) is 43.7 Å². The Labute approximate surface area is 119 Å². The number of hydrogen-bond acceptors (Lipinski definition) is 2. The molecule has 2 N–H and O–H groups in total. The van der Waals surface area contributed by atoms with Crippen molar-refractivity contribution in [3.05, 3.63) is 53.9 Å². The highest BCUT2D eigenvalue weighted by Gasteiger charge is 2.04. The third-order valence-corrected chi connectivity index (χ3v) is 3.14. The molecule has 0 unspecified atom stereocenters. The minimum absolute atomic E-state index is 0.0340. The Bertz CT molecular complexity index is 575. The van der Waals surface area contributed by atoms with Crippen LogP contribution in [-0.4, -0.2) is 17.0 Å². The molecule has 4 nitrogen and oxygen atoms in total. The van der Waals surface area contributed by atoms with E-state index in [2.05, 4.69) is 40.6 Å². The van der Waals surface area contributed by atoms with Crippen molar-refractivity contribution in [2.45, 2.75) is 26.9 Å². The standard InChI is InChI=1S/C16H21N3O/c1-3-17-16(20)14-6-5-7-15(10-14)18-11-13-8-9-19(4-2)12-13/h5-10,12,18H,3-4,11H2,1-2H3,(H,17,20). The minimum atomic E-state index is -0.0340. The number of carbonyl (C=O) groups excluding carboxylic acids is 1. The molecule has 0 aliphatic carbocycles. The topological polar surface area (TPSA) is 46.1 Å². The van der Waals surface area contributed by atoms with Crippen molar-refractivity contribution in [3.8, 4) is 0 Å². The zero-order valence-corrected chi connectivity index (χ0v) is 12.0. The number of benzene rings is 1. The lowest BCUT2D eigenvalue weighted by molar-refractivity contribution is 0.0956. The molecule has 0 saturated carbocycles. The fourth-order valence-electron chi connectivity index (χ4n) is 2.03. The van der Waals surface area contributed by atoms with Crippen molar-refractivity contribution in [1.82, 2.24) is 9.88 Å². The summed E-state index contributed by atoms with van der Waals surface area (Å²) in [5, 5.41) is 6.15. The van der Waals surface area contributed by atoms with E-state index in [4.69, 9.17) is 0 Å². The zero-order valence-electron chi connectivity index (χ0n) is 12.0. The number of carbonyl (C=O) groups is 1. The Kier molecular flexibility index (Phi) is 4.82. The van der Waals surface area contributed by atoms with Gasteiger partial charge >= 0.3 is 0 Å². The lowest BCUT2D eigenvalue weighted by Crippen LogP contribution is -2.22. The number of anilines is 1. The molecule has 0 bridgehead atoms. The average Bonchev–Trinajstić information content (AvgIpc) is 2.94. The van der Waals surface area contributed by atoms with Gasteiger partial charge in [-0.15, -0.1) is 0 Å². The molecule has 1 amide bonds. The number of aromatic nitrogens is 1. The summed E-state index contributed by atoms with van der Waals surface area (Å²) < 4.78 is 2.14. The molecule has 1 heterocycles. The van der Waals surface area contributed by atoms with E-state index in [0.717, 1.165) is 18.8 Å². The lowest BCUT2D eigenvalue weighted by Gasteiger charge is -2.07. The van der Waals surface area contributed by atoms with Crippen LogP contribution in [0.4, 0.5) is 5.69 Å². The minimum Gasteiger partial charge on any atom is -0.381 e. The smallest absolute Gasteiger partial charge is 0.251 e. The molecule has 0 atom stereocenters. The van der Waals surface area contributed by atoms with E-state index in [9.17, 15) is 4.79 Å². The largest absolute Gasteiger partial charge is 0.381 e. The van der Waals surface area contributed by atoms with Crippen molar-refractivity contribution in [1.29, 1.82) is 0 Å². The van der Waals surface area contributed by atoms with Gasteiger partial charge in [-0.3, -0.25) is 4.79 Å². The number of nitrogens with one attached hydrogen (secondary N) is 2. The van der Waals surface area contributed by atoms with Gasteiger partial charge in [-0.25, -0.2) is 0 Å². The summed E-state index contributed by atoms with van der Waals surface area (Å²) in [5.74, 6) is -0.0340. The molecule has 4 heteroatoms. The number of amides is 1. The first-order valence-corrected chi connectivity index (χ1v) is 6.99. The van der Waals surface area contributed by atoms with Gasteiger partial charge in [0.05, 0.1) is 0 Å². The summed E-state index contributed by atoms with van der Waals surface area (Å²) in [6, 6.07) is 9.67. The van der Waals surface area contributed by atoms with Crippen LogP contribution >= 0.6 is 0 Å². The first-order chi connectivity index (χ1) is 9.72. The lowest BCUT2D eigenvalue weighted by atomic mass is 10.2. The maximum absolute atomic E-state index is 11.8. The molecule has 1 aromatic heterocycles. The van der Waals surface area contributed by atoms with Gasteiger partial charge in [0.15, 0.2) is 0 Å². The Morgan fingerprint density at radius 1 is 1.25 bits per heavy atom. The van der Waals surface area contributed by atoms with Crippen LogP contribution in [0.2, 0.25) is 0 Å². The molecule has 0 fully saturated rings. The second-order valence-corrected chi connectivity index (χ2v) is 4.64. The molecule has 106 valence electrons. The molecule has 1 aromatic carbocycles. The molecule has 0 aliphatic rings. The van der Waals surface area contributed by atoms with Gasteiger partial charge in [-0.1, -0.05) is 6.07 Å². The summed E-state index contributed by atoms with van der Waals surface area (Å²) in [7, 11) is 0. The first-order valence-electron chi connectivity index (χ1n) is 6.99. The summed E-state index contributed by atoms with van der Waals surface area (Å²) in [6.45, 7) is 6.41. The fourth-order valence-corrected chi connectivity index (χ4v) is 2.03. The van der Waals surface area contributed by atoms with Crippen LogP contribution < -0.4 is 10.6 Å². The Hall–Kier alpha value is -2.23. The van der Waals surface area contributed by atoms with E-state index in [1.807, 2.05) is 31.2 Å². The highest BCUT2D eigenvalue weighted by Crippen LogP contribution is 2.12. The third kappa shape index (κ3) is 3.63. The highest BCUT2D eigenvalue weighted by atomic mass is 16.1. The van der Waals surface area contributed by atoms with Crippen molar-refractivity contribution >= 4 is 11.6 Å². The molecule has 0 aliphatic heterocycles. The van der Waals surface area contributed by atoms with E-state index in [1.165, 1.54) is 5.56 Å². The maximum Gasteiger partial charge on any atom is 0.251 e. The van der Waals surface area contributed by atoms with Crippen LogP contribution in [0.15, 0.2) is 42.7 Å². The second kappa shape index (κ2) is 6.80. The van der Waals surface area contributed by atoms with E-state index in [-0.39, 0.29) is 5.91 Å². The second-order valence-electron chi connectivity index (χ2n) is 4.64. The van der Waals surface area contributed by atoms with Crippen molar-refractivity contribution in [2.75, 3.05) is 11.9 Å². The van der Waals surface area contributed by atoms with Gasteiger partial charge < -0.3 is 15.2 Å². The molecule has 2 aromatic rings. The normalized spacial score (nSPS) is 10.3. The van der Waals surface area contributed by atoms with Gasteiger partial charge in [0, 0.05) is 43.3 Å². The SMILES string of the molecule is CCNC(=O)c1cccc(NCc2ccn(CC)c2)c1. The number of hydrogen-bond donors (Lipinski definition) is 2. The molecule has 0 saturated heterocycles. The predicted molar refractivity (Wildman–Crippen MR) is 81.9 cm³/mol. The number of rotatable bonds is 6. The summed E-state index contributed by atoms with van der Waals surface area (Å²) in [5.41, 5.74) is 2.87. The molecule has 0 spiro atoms. The van der Waals surface area contributed by atoms with Crippen LogP contribution in [0.25, 0.3) is 0 Å².